The number of methoxy groups -OCH3 is 1. The third kappa shape index (κ3) is 1.99. The molecule has 3 nitrogen and oxygen atoms in total. The van der Waals surface area contributed by atoms with E-state index in [0.717, 1.165) is 17.1 Å². The fourth-order valence-corrected chi connectivity index (χ4v) is 5.77. The maximum Gasteiger partial charge on any atom is 0.141 e. The fraction of sp³-hybridized carbons (Fsp3) is 0.250. The summed E-state index contributed by atoms with van der Waals surface area (Å²) in [6.07, 6.45) is 0. The van der Waals surface area contributed by atoms with Crippen LogP contribution < -0.4 is 9.92 Å². The van der Waals surface area contributed by atoms with Crippen LogP contribution in [0.4, 0.5) is 0 Å². The molecule has 0 spiro atoms. The van der Waals surface area contributed by atoms with Crippen LogP contribution in [0.1, 0.15) is 0 Å². The molecule has 24 heavy (non-hydrogen) atoms. The number of pyridine rings is 1. The van der Waals surface area contributed by atoms with Gasteiger partial charge in [0.2, 0.25) is 0 Å². The molecular formula is C20H22N2OSi. The van der Waals surface area contributed by atoms with Crippen LogP contribution in [-0.4, -0.2) is 24.7 Å². The molecule has 0 fully saturated rings. The lowest BCUT2D eigenvalue weighted by atomic mass is 10.1. The van der Waals surface area contributed by atoms with Gasteiger partial charge in [-0.2, -0.15) is 0 Å². The minimum Gasteiger partial charge on any atom is -0.496 e. The molecule has 2 aromatic carbocycles. The van der Waals surface area contributed by atoms with Crippen LogP contribution in [0.15, 0.2) is 42.5 Å². The van der Waals surface area contributed by atoms with Gasteiger partial charge in [0.1, 0.15) is 11.6 Å². The van der Waals surface area contributed by atoms with Crippen LogP contribution in [0.2, 0.25) is 19.6 Å². The summed E-state index contributed by atoms with van der Waals surface area (Å²) in [5.74, 6) is 2.02. The van der Waals surface area contributed by atoms with Gasteiger partial charge in [-0.05, 0) is 23.4 Å². The summed E-state index contributed by atoms with van der Waals surface area (Å²) in [6, 6.07) is 14.7. The molecule has 0 aromatic heterocycles. The average Bonchev–Trinajstić information content (AvgIpc) is 2.93. The number of fused-ring (bicyclic) bond motifs is 4. The van der Waals surface area contributed by atoms with E-state index in [2.05, 4.69) is 73.7 Å². The van der Waals surface area contributed by atoms with Crippen LogP contribution in [0.3, 0.4) is 0 Å². The molecule has 4 heteroatoms. The summed E-state index contributed by atoms with van der Waals surface area (Å²) >= 11 is 0. The van der Waals surface area contributed by atoms with Crippen molar-refractivity contribution in [2.24, 2.45) is 7.05 Å². The maximum atomic E-state index is 5.74. The van der Waals surface area contributed by atoms with Crippen molar-refractivity contribution in [1.82, 2.24) is 9.55 Å². The van der Waals surface area contributed by atoms with Crippen molar-refractivity contribution in [3.05, 3.63) is 42.5 Å². The lowest BCUT2D eigenvalue weighted by molar-refractivity contribution is 0.420. The first-order chi connectivity index (χ1) is 11.4. The molecule has 2 aliphatic heterocycles. The number of aromatic nitrogens is 2. The van der Waals surface area contributed by atoms with E-state index in [4.69, 9.17) is 9.72 Å². The Bertz CT molecular complexity index is 1040. The smallest absolute Gasteiger partial charge is 0.141 e. The Morgan fingerprint density at radius 1 is 1.00 bits per heavy atom. The summed E-state index contributed by atoms with van der Waals surface area (Å²) < 4.78 is 7.95. The lowest BCUT2D eigenvalue weighted by Gasteiger charge is -2.26. The first kappa shape index (κ1) is 15.2. The molecule has 0 amide bonds. The van der Waals surface area contributed by atoms with Gasteiger partial charge in [-0.15, -0.1) is 0 Å². The molecule has 0 atom stereocenters. The molecule has 0 unspecified atom stereocenters. The molecule has 2 aliphatic rings. The third-order valence-corrected chi connectivity index (χ3v) is 6.78. The Labute approximate surface area is 143 Å². The number of para-hydroxylation sites is 1. The van der Waals surface area contributed by atoms with E-state index >= 15 is 0 Å². The van der Waals surface area contributed by atoms with Gasteiger partial charge in [0.25, 0.3) is 0 Å². The van der Waals surface area contributed by atoms with E-state index in [1.165, 1.54) is 27.0 Å². The van der Waals surface area contributed by atoms with Gasteiger partial charge in [0.15, 0.2) is 0 Å². The Hall–Kier alpha value is -2.33. The van der Waals surface area contributed by atoms with E-state index in [1.54, 1.807) is 7.11 Å². The highest BCUT2D eigenvalue weighted by Crippen LogP contribution is 2.37. The highest BCUT2D eigenvalue weighted by atomic mass is 28.3. The predicted octanol–water partition coefficient (Wildman–Crippen LogP) is 4.39. The molecule has 0 radical (unpaired) electrons. The number of nitrogens with zero attached hydrogens (tertiary/aromatic N) is 2. The summed E-state index contributed by atoms with van der Waals surface area (Å²) in [5, 5.41) is 3.93. The molecule has 2 aromatic rings. The number of rotatable bonds is 2. The molecule has 0 aliphatic carbocycles. The van der Waals surface area contributed by atoms with E-state index in [1.807, 2.05) is 0 Å². The first-order valence-electron chi connectivity index (χ1n) is 8.28. The van der Waals surface area contributed by atoms with Crippen LogP contribution in [-0.2, 0) is 7.05 Å². The van der Waals surface area contributed by atoms with Gasteiger partial charge < -0.3 is 9.30 Å². The van der Waals surface area contributed by atoms with Gasteiger partial charge in [0, 0.05) is 23.4 Å². The average molecular weight is 334 g/mol. The number of benzene rings is 2. The Morgan fingerprint density at radius 3 is 2.46 bits per heavy atom. The van der Waals surface area contributed by atoms with Crippen molar-refractivity contribution in [1.29, 1.82) is 0 Å². The number of hydrogen-bond donors (Lipinski definition) is 0. The predicted molar refractivity (Wildman–Crippen MR) is 104 cm³/mol. The Morgan fingerprint density at radius 2 is 1.75 bits per heavy atom. The van der Waals surface area contributed by atoms with Crippen LogP contribution in [0.25, 0.3) is 33.2 Å². The monoisotopic (exact) mass is 334 g/mol. The van der Waals surface area contributed by atoms with Crippen molar-refractivity contribution in [3.63, 3.8) is 0 Å². The van der Waals surface area contributed by atoms with E-state index in [-0.39, 0.29) is 0 Å². The maximum absolute atomic E-state index is 5.74. The normalized spacial score (nSPS) is 12.4. The number of ether oxygens (including phenoxy) is 1. The topological polar surface area (TPSA) is 27.1 Å². The summed E-state index contributed by atoms with van der Waals surface area (Å²) in [6.45, 7) is 7.19. The second-order valence-corrected chi connectivity index (χ2v) is 12.4. The van der Waals surface area contributed by atoms with Crippen LogP contribution in [0.5, 0.6) is 5.75 Å². The first-order valence-corrected chi connectivity index (χ1v) is 11.8. The summed E-state index contributed by atoms with van der Waals surface area (Å²) in [7, 11) is 2.21. The Kier molecular flexibility index (Phi) is 3.22. The minimum atomic E-state index is -1.65. The lowest BCUT2D eigenvalue weighted by Crippen LogP contribution is -2.40. The molecule has 2 heterocycles. The number of aryl methyl sites for hydroxylation is 1. The fourth-order valence-electron chi connectivity index (χ4n) is 3.77. The SMILES string of the molecule is COc1cccc2c1c([Si](C)(C)C)c1c3ccccc3nc-1n2C. The summed E-state index contributed by atoms with van der Waals surface area (Å²) in [5.41, 5.74) is 3.54. The zero-order valence-corrected chi connectivity index (χ0v) is 15.8. The summed E-state index contributed by atoms with van der Waals surface area (Å²) in [4.78, 5) is 4.94. The van der Waals surface area contributed by atoms with Gasteiger partial charge in [-0.1, -0.05) is 43.9 Å². The molecule has 0 saturated carbocycles. The van der Waals surface area contributed by atoms with Crippen molar-refractivity contribution >= 4 is 35.1 Å². The molecule has 0 saturated heterocycles. The van der Waals surface area contributed by atoms with Crippen LogP contribution in [0, 0.1) is 0 Å². The van der Waals surface area contributed by atoms with E-state index in [0.29, 0.717) is 0 Å². The van der Waals surface area contributed by atoms with Gasteiger partial charge >= 0.3 is 0 Å². The van der Waals surface area contributed by atoms with Gasteiger partial charge in [-0.3, -0.25) is 0 Å². The third-order valence-electron chi connectivity index (χ3n) is 4.78. The standard InChI is InChI=1S/C20H22N2OSi/c1-22-15-11-8-12-16(23-2)18(15)19(24(3,4)5)17-13-9-6-7-10-14(13)21-20(17)22/h6-12H,1-5H3. The molecule has 0 bridgehead atoms. The quantitative estimate of drug-likeness (QED) is 0.509. The molecule has 4 rings (SSSR count). The minimum absolute atomic E-state index is 0.952. The molecule has 0 N–H and O–H groups in total. The largest absolute Gasteiger partial charge is 0.496 e. The highest BCUT2D eigenvalue weighted by molar-refractivity contribution is 6.91. The highest BCUT2D eigenvalue weighted by Gasteiger charge is 2.31. The number of hydrogen-bond acceptors (Lipinski definition) is 2. The van der Waals surface area contributed by atoms with Gasteiger partial charge in [0.05, 0.1) is 26.2 Å². The second-order valence-electron chi connectivity index (χ2n) is 7.37. The molecule has 122 valence electrons. The second kappa shape index (κ2) is 5.08. The zero-order valence-electron chi connectivity index (χ0n) is 14.8. The van der Waals surface area contributed by atoms with E-state index in [9.17, 15) is 0 Å². The Balaban J connectivity index is 2.37. The zero-order chi connectivity index (χ0) is 17.1. The van der Waals surface area contributed by atoms with Crippen molar-refractivity contribution in [2.45, 2.75) is 19.6 Å². The van der Waals surface area contributed by atoms with Gasteiger partial charge in [-0.25, -0.2) is 4.98 Å². The van der Waals surface area contributed by atoms with Crippen LogP contribution >= 0.6 is 0 Å². The van der Waals surface area contributed by atoms with E-state index < -0.39 is 8.07 Å². The van der Waals surface area contributed by atoms with Crippen molar-refractivity contribution in [3.8, 4) is 17.1 Å². The van der Waals surface area contributed by atoms with Crippen molar-refractivity contribution < 1.29 is 4.74 Å². The molecular weight excluding hydrogens is 312 g/mol. The van der Waals surface area contributed by atoms with Crippen molar-refractivity contribution in [2.75, 3.05) is 7.11 Å².